The van der Waals surface area contributed by atoms with Crippen LogP contribution in [0, 0.1) is 11.8 Å². The molecule has 0 aliphatic carbocycles. The Bertz CT molecular complexity index is 803. The predicted octanol–water partition coefficient (Wildman–Crippen LogP) is 0.727. The van der Waals surface area contributed by atoms with Crippen LogP contribution in [0.15, 0.2) is 30.3 Å². The average molecular weight is 481 g/mol. The summed E-state index contributed by atoms with van der Waals surface area (Å²) in [5.74, 6) is -3.04. The summed E-state index contributed by atoms with van der Waals surface area (Å²) < 4.78 is 0. The molecule has 0 aromatic heterocycles. The summed E-state index contributed by atoms with van der Waals surface area (Å²) in [6.45, 7) is 7.43. The van der Waals surface area contributed by atoms with Gasteiger partial charge in [-0.2, -0.15) is 12.6 Å². The fourth-order valence-corrected chi connectivity index (χ4v) is 3.44. The summed E-state index contributed by atoms with van der Waals surface area (Å²) in [6, 6.07) is 5.09. The second kappa shape index (κ2) is 13.8. The van der Waals surface area contributed by atoms with E-state index in [9.17, 15) is 24.3 Å². The zero-order valence-electron chi connectivity index (χ0n) is 19.6. The van der Waals surface area contributed by atoms with Crippen LogP contribution in [0.5, 0.6) is 0 Å². The Hall–Kier alpha value is -2.59. The number of carbonyl (C=O) groups is 4. The number of thiol groups is 1. The number of carboxylic acid groups (broad SMARTS) is 1. The number of nitrogens with two attached hydrogens (primary N) is 1. The van der Waals surface area contributed by atoms with Gasteiger partial charge in [0.1, 0.15) is 18.1 Å². The smallest absolute Gasteiger partial charge is 0.327 e. The van der Waals surface area contributed by atoms with Gasteiger partial charge in [0.05, 0.1) is 6.04 Å². The lowest BCUT2D eigenvalue weighted by Crippen LogP contribution is -2.59. The van der Waals surface area contributed by atoms with Crippen LogP contribution >= 0.6 is 12.6 Å². The summed E-state index contributed by atoms with van der Waals surface area (Å²) in [5.41, 5.74) is 6.72. The highest BCUT2D eigenvalue weighted by Crippen LogP contribution is 2.09. The molecule has 0 aliphatic heterocycles. The first kappa shape index (κ1) is 28.4. The van der Waals surface area contributed by atoms with Crippen molar-refractivity contribution in [1.82, 2.24) is 16.0 Å². The van der Waals surface area contributed by atoms with Gasteiger partial charge in [0.25, 0.3) is 0 Å². The van der Waals surface area contributed by atoms with Crippen molar-refractivity contribution in [3.8, 4) is 0 Å². The lowest BCUT2D eigenvalue weighted by molar-refractivity contribution is -0.141. The highest BCUT2D eigenvalue weighted by molar-refractivity contribution is 7.80. The number of rotatable bonds is 13. The number of hydrogen-bond donors (Lipinski definition) is 6. The van der Waals surface area contributed by atoms with Crippen LogP contribution in [0.1, 0.15) is 39.7 Å². The van der Waals surface area contributed by atoms with Crippen molar-refractivity contribution in [2.45, 2.75) is 64.7 Å². The Morgan fingerprint density at radius 2 is 1.48 bits per heavy atom. The van der Waals surface area contributed by atoms with E-state index in [-0.39, 0.29) is 24.0 Å². The quantitative estimate of drug-likeness (QED) is 0.229. The highest BCUT2D eigenvalue weighted by atomic mass is 32.1. The monoisotopic (exact) mass is 480 g/mol. The van der Waals surface area contributed by atoms with E-state index < -0.39 is 47.9 Å². The molecular weight excluding hydrogens is 444 g/mol. The molecule has 3 amide bonds. The maximum absolute atomic E-state index is 13.1. The van der Waals surface area contributed by atoms with Crippen LogP contribution in [-0.2, 0) is 25.6 Å². The molecule has 9 nitrogen and oxygen atoms in total. The second-order valence-electron chi connectivity index (χ2n) is 8.80. The van der Waals surface area contributed by atoms with Gasteiger partial charge in [0, 0.05) is 12.2 Å². The van der Waals surface area contributed by atoms with Gasteiger partial charge in [-0.05, 0) is 23.8 Å². The van der Waals surface area contributed by atoms with Crippen molar-refractivity contribution in [3.05, 3.63) is 35.9 Å². The van der Waals surface area contributed by atoms with Gasteiger partial charge >= 0.3 is 5.97 Å². The summed E-state index contributed by atoms with van der Waals surface area (Å²) in [6.07, 6.45) is 0.612. The molecule has 0 radical (unpaired) electrons. The number of amides is 3. The molecule has 10 heteroatoms. The SMILES string of the molecule is CC(C)CC(N)C(=O)NC(C(=O)NC(Cc1ccccc1)C(=O)NC(CS)C(=O)O)C(C)C. The van der Waals surface area contributed by atoms with Crippen LogP contribution < -0.4 is 21.7 Å². The van der Waals surface area contributed by atoms with Crippen molar-refractivity contribution in [1.29, 1.82) is 0 Å². The minimum Gasteiger partial charge on any atom is -0.480 e. The largest absolute Gasteiger partial charge is 0.480 e. The van der Waals surface area contributed by atoms with Gasteiger partial charge in [-0.25, -0.2) is 4.79 Å². The lowest BCUT2D eigenvalue weighted by atomic mass is 9.99. The number of nitrogens with one attached hydrogen (secondary N) is 3. The molecule has 0 aliphatic rings. The third kappa shape index (κ3) is 9.83. The van der Waals surface area contributed by atoms with E-state index in [0.29, 0.717) is 6.42 Å². The molecule has 1 aromatic rings. The Labute approximate surface area is 200 Å². The molecule has 0 bridgehead atoms. The first-order valence-electron chi connectivity index (χ1n) is 11.0. The first-order chi connectivity index (χ1) is 15.5. The fraction of sp³-hybridized carbons (Fsp3) is 0.565. The van der Waals surface area contributed by atoms with E-state index >= 15 is 0 Å². The molecule has 0 saturated heterocycles. The minimum absolute atomic E-state index is 0.106. The second-order valence-corrected chi connectivity index (χ2v) is 9.16. The van der Waals surface area contributed by atoms with Crippen LogP contribution in [0.3, 0.4) is 0 Å². The molecule has 0 saturated carbocycles. The molecule has 1 rings (SSSR count). The van der Waals surface area contributed by atoms with E-state index in [2.05, 4.69) is 28.6 Å². The van der Waals surface area contributed by atoms with Crippen molar-refractivity contribution >= 4 is 36.3 Å². The maximum atomic E-state index is 13.1. The van der Waals surface area contributed by atoms with Crippen molar-refractivity contribution < 1.29 is 24.3 Å². The van der Waals surface area contributed by atoms with Gasteiger partial charge in [-0.15, -0.1) is 0 Å². The molecule has 6 N–H and O–H groups in total. The van der Waals surface area contributed by atoms with Gasteiger partial charge in [0.2, 0.25) is 17.7 Å². The fourth-order valence-electron chi connectivity index (χ4n) is 3.19. The lowest BCUT2D eigenvalue weighted by Gasteiger charge is -2.27. The van der Waals surface area contributed by atoms with Crippen LogP contribution in [0.2, 0.25) is 0 Å². The van der Waals surface area contributed by atoms with Gasteiger partial charge in [0.15, 0.2) is 0 Å². The van der Waals surface area contributed by atoms with E-state index in [1.807, 2.05) is 19.9 Å². The Morgan fingerprint density at radius 1 is 0.909 bits per heavy atom. The molecule has 0 fully saturated rings. The van der Waals surface area contributed by atoms with Gasteiger partial charge < -0.3 is 26.8 Å². The molecule has 0 spiro atoms. The summed E-state index contributed by atoms with van der Waals surface area (Å²) in [4.78, 5) is 49.8. The topological polar surface area (TPSA) is 151 Å². The minimum atomic E-state index is -1.23. The zero-order valence-corrected chi connectivity index (χ0v) is 20.5. The third-order valence-electron chi connectivity index (χ3n) is 5.02. The van der Waals surface area contributed by atoms with Crippen LogP contribution in [0.4, 0.5) is 0 Å². The van der Waals surface area contributed by atoms with Crippen LogP contribution in [0.25, 0.3) is 0 Å². The van der Waals surface area contributed by atoms with E-state index in [0.717, 1.165) is 5.56 Å². The van der Waals surface area contributed by atoms with Crippen molar-refractivity contribution in [2.75, 3.05) is 5.75 Å². The predicted molar refractivity (Wildman–Crippen MR) is 130 cm³/mol. The highest BCUT2D eigenvalue weighted by Gasteiger charge is 2.31. The number of aliphatic carboxylic acids is 1. The zero-order chi connectivity index (χ0) is 25.1. The van der Waals surface area contributed by atoms with Gasteiger partial charge in [-0.1, -0.05) is 58.0 Å². The van der Waals surface area contributed by atoms with Crippen molar-refractivity contribution in [3.63, 3.8) is 0 Å². The van der Waals surface area contributed by atoms with E-state index in [1.54, 1.807) is 38.1 Å². The standard InChI is InChI=1S/C23H36N4O5S/c1-13(2)10-16(24)20(28)27-19(14(3)4)22(30)25-17(11-15-8-6-5-7-9-15)21(29)26-18(12-33)23(31)32/h5-9,13-14,16-19,33H,10-12,24H2,1-4H3,(H,25,30)(H,26,29)(H,27,28)(H,31,32). The third-order valence-corrected chi connectivity index (χ3v) is 5.39. The molecular formula is C23H36N4O5S. The summed E-state index contributed by atoms with van der Waals surface area (Å²) in [7, 11) is 0. The Morgan fingerprint density at radius 3 is 1.97 bits per heavy atom. The van der Waals surface area contributed by atoms with Crippen LogP contribution in [-0.4, -0.2) is 58.7 Å². The molecule has 33 heavy (non-hydrogen) atoms. The summed E-state index contributed by atoms with van der Waals surface area (Å²) >= 11 is 3.96. The number of hydrogen-bond acceptors (Lipinski definition) is 6. The maximum Gasteiger partial charge on any atom is 0.327 e. The Kier molecular flexibility index (Phi) is 11.9. The van der Waals surface area contributed by atoms with Crippen molar-refractivity contribution in [2.24, 2.45) is 17.6 Å². The average Bonchev–Trinajstić information content (AvgIpc) is 2.74. The normalized spacial score (nSPS) is 14.8. The number of benzene rings is 1. The molecule has 0 heterocycles. The molecule has 4 unspecified atom stereocenters. The molecule has 184 valence electrons. The number of carbonyl (C=O) groups excluding carboxylic acids is 3. The molecule has 1 aromatic carbocycles. The first-order valence-corrected chi connectivity index (χ1v) is 11.6. The summed E-state index contributed by atoms with van der Waals surface area (Å²) in [5, 5.41) is 17.0. The van der Waals surface area contributed by atoms with E-state index in [1.165, 1.54) is 0 Å². The Balaban J connectivity index is 3.03. The van der Waals surface area contributed by atoms with E-state index in [4.69, 9.17) is 5.73 Å². The molecule has 4 atom stereocenters. The number of carboxylic acids is 1. The van der Waals surface area contributed by atoms with Gasteiger partial charge in [-0.3, -0.25) is 14.4 Å².